The summed E-state index contributed by atoms with van der Waals surface area (Å²) in [7, 11) is -4.40. The van der Waals surface area contributed by atoms with Crippen molar-refractivity contribution < 1.29 is 26.7 Å². The molecule has 12 heteroatoms. The number of nitrogens with one attached hydrogen (secondary N) is 1. The second kappa shape index (κ2) is 8.36. The lowest BCUT2D eigenvalue weighted by atomic mass is 10.0. The highest BCUT2D eigenvalue weighted by molar-refractivity contribution is 7.92. The quantitative estimate of drug-likeness (QED) is 0.358. The van der Waals surface area contributed by atoms with Crippen LogP contribution in [0.5, 0.6) is 0 Å². The van der Waals surface area contributed by atoms with Gasteiger partial charge in [-0.3, -0.25) is 4.72 Å². The van der Waals surface area contributed by atoms with Crippen molar-refractivity contribution in [3.8, 4) is 11.1 Å². The van der Waals surface area contributed by atoms with Gasteiger partial charge in [-0.2, -0.15) is 0 Å². The van der Waals surface area contributed by atoms with Crippen LogP contribution < -0.4 is 10.5 Å². The summed E-state index contributed by atoms with van der Waals surface area (Å²) in [6, 6.07) is 6.83. The number of nitrogens with zero attached hydrogens (tertiary/aromatic N) is 2. The van der Waals surface area contributed by atoms with E-state index < -0.39 is 50.4 Å². The number of hydrogen-bond acceptors (Lipinski definition) is 6. The Hall–Kier alpha value is -3.41. The molecular formula is C23H16ClF3N4O3S. The monoisotopic (exact) mass is 520 g/mol. The summed E-state index contributed by atoms with van der Waals surface area (Å²) in [6.07, 6.45) is 0.800. The summed E-state index contributed by atoms with van der Waals surface area (Å²) in [4.78, 5) is 7.35. The van der Waals surface area contributed by atoms with Gasteiger partial charge in [0.25, 0.3) is 10.0 Å². The van der Waals surface area contributed by atoms with Crippen LogP contribution in [0.25, 0.3) is 22.0 Å². The normalized spacial score (nSPS) is 15.4. The summed E-state index contributed by atoms with van der Waals surface area (Å²) in [5.41, 5.74) is 4.55. The maximum atomic E-state index is 15.5. The Labute approximate surface area is 202 Å². The first kappa shape index (κ1) is 23.3. The van der Waals surface area contributed by atoms with Crippen molar-refractivity contribution in [3.05, 3.63) is 76.2 Å². The largest absolute Gasteiger partial charge is 0.388 e. The smallest absolute Gasteiger partial charge is 0.262 e. The summed E-state index contributed by atoms with van der Waals surface area (Å²) in [5, 5.41) is 10.1. The van der Waals surface area contributed by atoms with E-state index in [0.717, 1.165) is 24.4 Å². The van der Waals surface area contributed by atoms with Crippen LogP contribution in [0, 0.1) is 17.5 Å². The molecule has 35 heavy (non-hydrogen) atoms. The molecule has 3 aromatic carbocycles. The van der Waals surface area contributed by atoms with Crippen LogP contribution in [-0.4, -0.2) is 23.5 Å². The van der Waals surface area contributed by atoms with Crippen molar-refractivity contribution in [1.82, 2.24) is 9.97 Å². The van der Waals surface area contributed by atoms with Crippen molar-refractivity contribution in [2.24, 2.45) is 0 Å². The maximum absolute atomic E-state index is 15.5. The van der Waals surface area contributed by atoms with E-state index in [1.165, 1.54) is 18.2 Å². The van der Waals surface area contributed by atoms with Gasteiger partial charge in [-0.15, -0.1) is 0 Å². The molecule has 0 amide bonds. The first-order chi connectivity index (χ1) is 16.6. The molecule has 0 radical (unpaired) electrons. The minimum atomic E-state index is -4.40. The molecular weight excluding hydrogens is 505 g/mol. The lowest BCUT2D eigenvalue weighted by Crippen LogP contribution is -2.16. The second-order valence-corrected chi connectivity index (χ2v) is 10.1. The molecule has 0 spiro atoms. The average molecular weight is 521 g/mol. The predicted molar refractivity (Wildman–Crippen MR) is 125 cm³/mol. The van der Waals surface area contributed by atoms with E-state index in [-0.39, 0.29) is 33.2 Å². The fourth-order valence-electron chi connectivity index (χ4n) is 4.23. The van der Waals surface area contributed by atoms with E-state index in [1.54, 1.807) is 0 Å². The minimum Gasteiger partial charge on any atom is -0.388 e. The first-order valence-electron chi connectivity index (χ1n) is 10.3. The van der Waals surface area contributed by atoms with Gasteiger partial charge in [0.2, 0.25) is 5.95 Å². The Kier molecular flexibility index (Phi) is 5.58. The molecule has 1 atom stereocenters. The zero-order valence-corrected chi connectivity index (χ0v) is 19.3. The van der Waals surface area contributed by atoms with Crippen LogP contribution in [0.4, 0.5) is 24.8 Å². The second-order valence-electron chi connectivity index (χ2n) is 8.00. The van der Waals surface area contributed by atoms with Gasteiger partial charge >= 0.3 is 0 Å². The molecule has 0 saturated heterocycles. The summed E-state index contributed by atoms with van der Waals surface area (Å²) in [6.45, 7) is 0. The molecule has 1 aliphatic rings. The number of aliphatic hydroxyl groups excluding tert-OH is 1. The van der Waals surface area contributed by atoms with Crippen LogP contribution in [-0.2, 0) is 16.4 Å². The lowest BCUT2D eigenvalue weighted by molar-refractivity contribution is 0.180. The molecule has 0 fully saturated rings. The van der Waals surface area contributed by atoms with Gasteiger partial charge in [0, 0.05) is 16.8 Å². The highest BCUT2D eigenvalue weighted by Crippen LogP contribution is 2.39. The van der Waals surface area contributed by atoms with Crippen molar-refractivity contribution in [2.75, 3.05) is 10.5 Å². The zero-order valence-electron chi connectivity index (χ0n) is 17.7. The topological polar surface area (TPSA) is 118 Å². The third-order valence-corrected chi connectivity index (χ3v) is 7.50. The number of halogens is 4. The van der Waals surface area contributed by atoms with E-state index in [2.05, 4.69) is 14.7 Å². The molecule has 180 valence electrons. The molecule has 5 rings (SSSR count). The number of fused-ring (bicyclic) bond motifs is 2. The lowest BCUT2D eigenvalue weighted by Gasteiger charge is -2.16. The van der Waals surface area contributed by atoms with Gasteiger partial charge in [-0.1, -0.05) is 11.6 Å². The summed E-state index contributed by atoms with van der Waals surface area (Å²) in [5.74, 6) is -3.52. The third-order valence-electron chi connectivity index (χ3n) is 5.85. The number of hydrogen-bond donors (Lipinski definition) is 3. The van der Waals surface area contributed by atoms with Crippen molar-refractivity contribution in [1.29, 1.82) is 0 Å². The van der Waals surface area contributed by atoms with Gasteiger partial charge in [-0.25, -0.2) is 31.6 Å². The van der Waals surface area contributed by atoms with Crippen LogP contribution in [0.3, 0.4) is 0 Å². The fraction of sp³-hybridized carbons (Fsp3) is 0.130. The average Bonchev–Trinajstić information content (AvgIpc) is 3.17. The van der Waals surface area contributed by atoms with E-state index in [4.69, 9.17) is 17.3 Å². The van der Waals surface area contributed by atoms with Gasteiger partial charge in [0.15, 0.2) is 5.82 Å². The molecule has 1 heterocycles. The molecule has 0 bridgehead atoms. The minimum absolute atomic E-state index is 0.0754. The highest BCUT2D eigenvalue weighted by atomic mass is 35.5. The summed E-state index contributed by atoms with van der Waals surface area (Å²) < 4.78 is 73.8. The van der Waals surface area contributed by atoms with Crippen LogP contribution in [0.15, 0.2) is 47.5 Å². The molecule has 4 N–H and O–H groups in total. The Morgan fingerprint density at radius 3 is 2.66 bits per heavy atom. The van der Waals surface area contributed by atoms with Crippen molar-refractivity contribution >= 4 is 44.2 Å². The predicted octanol–water partition coefficient (Wildman–Crippen LogP) is 4.73. The molecule has 0 aliphatic heterocycles. The first-order valence-corrected chi connectivity index (χ1v) is 12.1. The number of rotatable bonds is 4. The number of benzene rings is 3. The Bertz CT molecular complexity index is 1630. The van der Waals surface area contributed by atoms with Crippen molar-refractivity contribution in [2.45, 2.75) is 23.8 Å². The molecule has 0 saturated carbocycles. The molecule has 1 aromatic heterocycles. The number of sulfonamides is 1. The number of nitrogen functional groups attached to an aromatic ring is 1. The molecule has 1 aliphatic carbocycles. The standard InChI is InChI=1S/C23H16ClF3N4O3S/c24-10-7-13-11(2-6-18(13)32)19(8-10)35(33,34)31-17-5-3-15(25)20(22(17)27)12-1-4-16-14(21(12)26)9-29-23(28)30-16/h1,3-5,7-9,18,31-32H,2,6H2,(H2,28,29,30). The maximum Gasteiger partial charge on any atom is 0.262 e. The van der Waals surface area contributed by atoms with Crippen LogP contribution in [0.1, 0.15) is 23.7 Å². The molecule has 1 unspecified atom stereocenters. The van der Waals surface area contributed by atoms with Gasteiger partial charge < -0.3 is 10.8 Å². The molecule has 7 nitrogen and oxygen atoms in total. The Morgan fingerprint density at radius 1 is 1.11 bits per heavy atom. The van der Waals surface area contributed by atoms with Gasteiger partial charge in [-0.05, 0) is 60.4 Å². The number of nitrogens with two attached hydrogens (primary N) is 1. The van der Waals surface area contributed by atoms with E-state index in [0.29, 0.717) is 17.5 Å². The number of aromatic nitrogens is 2. The Morgan fingerprint density at radius 2 is 1.89 bits per heavy atom. The summed E-state index contributed by atoms with van der Waals surface area (Å²) >= 11 is 6.05. The fourth-order valence-corrected chi connectivity index (χ4v) is 5.91. The number of anilines is 2. The SMILES string of the molecule is Nc1ncc2c(F)c(-c3c(F)ccc(NS(=O)(=O)c4cc(Cl)cc5c4CCC5O)c3F)ccc2n1. The van der Waals surface area contributed by atoms with Crippen LogP contribution >= 0.6 is 11.6 Å². The van der Waals surface area contributed by atoms with Gasteiger partial charge in [0.05, 0.1) is 33.2 Å². The van der Waals surface area contributed by atoms with Gasteiger partial charge in [0.1, 0.15) is 11.6 Å². The van der Waals surface area contributed by atoms with E-state index >= 15 is 8.78 Å². The van der Waals surface area contributed by atoms with Crippen molar-refractivity contribution in [3.63, 3.8) is 0 Å². The highest BCUT2D eigenvalue weighted by Gasteiger charge is 2.30. The third kappa shape index (κ3) is 3.95. The number of aliphatic hydroxyl groups is 1. The van der Waals surface area contributed by atoms with Crippen LogP contribution in [0.2, 0.25) is 5.02 Å². The Balaban J connectivity index is 1.61. The van der Waals surface area contributed by atoms with E-state index in [1.807, 2.05) is 0 Å². The zero-order chi connectivity index (χ0) is 25.1. The molecule has 4 aromatic rings. The van der Waals surface area contributed by atoms with E-state index in [9.17, 15) is 17.9 Å².